The summed E-state index contributed by atoms with van der Waals surface area (Å²) in [6, 6.07) is -0.486. The number of rotatable bonds is 1. The van der Waals surface area contributed by atoms with Crippen LogP contribution in [0.3, 0.4) is 0 Å². The Bertz CT molecular complexity index is 345. The predicted octanol–water partition coefficient (Wildman–Crippen LogP) is -0.252. The van der Waals surface area contributed by atoms with Crippen molar-refractivity contribution in [2.45, 2.75) is 26.1 Å². The van der Waals surface area contributed by atoms with Crippen molar-refractivity contribution >= 4 is 5.97 Å². The molecule has 0 bridgehead atoms. The molecule has 0 unspecified atom stereocenters. The number of carbonyl (C=O) groups is 1. The molecule has 0 radical (unpaired) electrons. The third-order valence-corrected chi connectivity index (χ3v) is 2.31. The molecule has 0 fully saturated rings. The van der Waals surface area contributed by atoms with E-state index in [9.17, 15) is 4.79 Å². The minimum Gasteiger partial charge on any atom is -0.480 e. The Kier molecular flexibility index (Phi) is 1.81. The molecule has 1 aromatic rings. The van der Waals surface area contributed by atoms with Gasteiger partial charge in [-0.25, -0.2) is 4.98 Å². The van der Waals surface area contributed by atoms with Crippen molar-refractivity contribution < 1.29 is 9.90 Å². The number of fused-ring (bicyclic) bond motifs is 1. The molecular weight excluding hydrogens is 170 g/mol. The zero-order valence-electron chi connectivity index (χ0n) is 7.32. The van der Waals surface area contributed by atoms with E-state index < -0.39 is 12.0 Å². The molecule has 2 N–H and O–H groups in total. The molecule has 0 saturated heterocycles. The summed E-state index contributed by atoms with van der Waals surface area (Å²) in [6.07, 6.45) is 1.77. The number of hydrogen-bond acceptors (Lipinski definition) is 3. The SMILES string of the molecule is Cc1cnc2n1C[C@H](C(=O)O)NC2. The highest BCUT2D eigenvalue weighted by molar-refractivity contribution is 5.73. The van der Waals surface area contributed by atoms with E-state index in [2.05, 4.69) is 10.3 Å². The average Bonchev–Trinajstić information content (AvgIpc) is 2.47. The minimum absolute atomic E-state index is 0.469. The number of nitrogens with one attached hydrogen (secondary N) is 1. The zero-order chi connectivity index (χ0) is 9.42. The molecule has 5 nitrogen and oxygen atoms in total. The summed E-state index contributed by atoms with van der Waals surface area (Å²) in [5.74, 6) is 0.105. The van der Waals surface area contributed by atoms with E-state index >= 15 is 0 Å². The van der Waals surface area contributed by atoms with Gasteiger partial charge in [-0.15, -0.1) is 0 Å². The molecule has 1 aromatic heterocycles. The third-order valence-electron chi connectivity index (χ3n) is 2.31. The lowest BCUT2D eigenvalue weighted by atomic mass is 10.2. The van der Waals surface area contributed by atoms with Crippen LogP contribution in [0.1, 0.15) is 11.5 Å². The van der Waals surface area contributed by atoms with E-state index in [-0.39, 0.29) is 0 Å². The van der Waals surface area contributed by atoms with Gasteiger partial charge in [0.2, 0.25) is 0 Å². The van der Waals surface area contributed by atoms with E-state index in [1.807, 2.05) is 11.5 Å². The summed E-state index contributed by atoms with van der Waals surface area (Å²) < 4.78 is 1.94. The van der Waals surface area contributed by atoms with Crippen molar-refractivity contribution in [3.63, 3.8) is 0 Å². The van der Waals surface area contributed by atoms with Crippen LogP contribution < -0.4 is 5.32 Å². The maximum Gasteiger partial charge on any atom is 0.322 e. The van der Waals surface area contributed by atoms with Crippen molar-refractivity contribution in [3.8, 4) is 0 Å². The standard InChI is InChI=1S/C8H11N3O2/c1-5-2-10-7-3-9-6(8(12)13)4-11(5)7/h2,6,9H,3-4H2,1H3,(H,12,13)/t6-/m1/s1. The van der Waals surface area contributed by atoms with Crippen molar-refractivity contribution in [2.75, 3.05) is 0 Å². The Morgan fingerprint density at radius 1 is 1.85 bits per heavy atom. The van der Waals surface area contributed by atoms with Crippen LogP contribution in [0.15, 0.2) is 6.20 Å². The van der Waals surface area contributed by atoms with Gasteiger partial charge in [-0.1, -0.05) is 0 Å². The summed E-state index contributed by atoms with van der Waals surface area (Å²) in [5.41, 5.74) is 1.02. The molecule has 1 aliphatic heterocycles. The number of aliphatic carboxylic acids is 1. The second kappa shape index (κ2) is 2.85. The number of nitrogens with zero attached hydrogens (tertiary/aromatic N) is 2. The van der Waals surface area contributed by atoms with Gasteiger partial charge in [-0.05, 0) is 6.92 Å². The second-order valence-corrected chi connectivity index (χ2v) is 3.20. The molecule has 0 saturated carbocycles. The zero-order valence-corrected chi connectivity index (χ0v) is 7.32. The number of imidazole rings is 1. The third kappa shape index (κ3) is 1.31. The first-order valence-corrected chi connectivity index (χ1v) is 4.15. The monoisotopic (exact) mass is 181 g/mol. The van der Waals surface area contributed by atoms with Crippen LogP contribution in [0, 0.1) is 6.92 Å². The predicted molar refractivity (Wildman–Crippen MR) is 45.2 cm³/mol. The van der Waals surface area contributed by atoms with E-state index in [0.717, 1.165) is 11.5 Å². The first kappa shape index (κ1) is 8.25. The maximum atomic E-state index is 10.7. The summed E-state index contributed by atoms with van der Waals surface area (Å²) in [7, 11) is 0. The van der Waals surface area contributed by atoms with Crippen LogP contribution in [0.5, 0.6) is 0 Å². The van der Waals surface area contributed by atoms with Crippen LogP contribution in [0.25, 0.3) is 0 Å². The van der Waals surface area contributed by atoms with Crippen LogP contribution in [-0.4, -0.2) is 26.7 Å². The summed E-state index contributed by atoms with van der Waals surface area (Å²) in [6.45, 7) is 2.93. The summed E-state index contributed by atoms with van der Waals surface area (Å²) in [4.78, 5) is 14.9. The fraction of sp³-hybridized carbons (Fsp3) is 0.500. The van der Waals surface area contributed by atoms with Gasteiger partial charge >= 0.3 is 5.97 Å². The molecule has 0 spiro atoms. The van der Waals surface area contributed by atoms with Gasteiger partial charge in [0.05, 0.1) is 13.1 Å². The Balaban J connectivity index is 2.27. The highest BCUT2D eigenvalue weighted by Gasteiger charge is 2.24. The van der Waals surface area contributed by atoms with Crippen LogP contribution in [0.4, 0.5) is 0 Å². The van der Waals surface area contributed by atoms with Crippen LogP contribution in [-0.2, 0) is 17.9 Å². The van der Waals surface area contributed by atoms with Crippen LogP contribution in [0.2, 0.25) is 0 Å². The smallest absolute Gasteiger partial charge is 0.322 e. The lowest BCUT2D eigenvalue weighted by Gasteiger charge is -2.22. The minimum atomic E-state index is -0.807. The molecule has 1 atom stereocenters. The van der Waals surface area contributed by atoms with Gasteiger partial charge < -0.3 is 9.67 Å². The fourth-order valence-corrected chi connectivity index (χ4v) is 1.53. The molecule has 2 rings (SSSR count). The number of aryl methyl sites for hydroxylation is 1. The molecule has 70 valence electrons. The summed E-state index contributed by atoms with van der Waals surface area (Å²) in [5, 5.41) is 11.7. The molecule has 0 aliphatic carbocycles. The second-order valence-electron chi connectivity index (χ2n) is 3.20. The lowest BCUT2D eigenvalue weighted by molar-refractivity contribution is -0.140. The average molecular weight is 181 g/mol. The number of carboxylic acids is 1. The van der Waals surface area contributed by atoms with Crippen LogP contribution >= 0.6 is 0 Å². The Labute approximate surface area is 75.4 Å². The van der Waals surface area contributed by atoms with Gasteiger partial charge in [-0.2, -0.15) is 0 Å². The van der Waals surface area contributed by atoms with E-state index in [1.165, 1.54) is 0 Å². The first-order valence-electron chi connectivity index (χ1n) is 4.15. The number of aromatic nitrogens is 2. The molecule has 0 amide bonds. The summed E-state index contributed by atoms with van der Waals surface area (Å²) >= 11 is 0. The van der Waals surface area contributed by atoms with Gasteiger partial charge in [0.1, 0.15) is 11.9 Å². The van der Waals surface area contributed by atoms with E-state index in [4.69, 9.17) is 5.11 Å². The maximum absolute atomic E-state index is 10.7. The van der Waals surface area contributed by atoms with Crippen molar-refractivity contribution in [1.29, 1.82) is 0 Å². The Hall–Kier alpha value is -1.36. The van der Waals surface area contributed by atoms with E-state index in [1.54, 1.807) is 6.20 Å². The molecular formula is C8H11N3O2. The molecule has 2 heterocycles. The first-order chi connectivity index (χ1) is 6.18. The molecule has 0 aromatic carbocycles. The highest BCUT2D eigenvalue weighted by atomic mass is 16.4. The Morgan fingerprint density at radius 3 is 3.31 bits per heavy atom. The van der Waals surface area contributed by atoms with Crippen molar-refractivity contribution in [2.24, 2.45) is 0 Å². The van der Waals surface area contributed by atoms with Gasteiger partial charge in [0.25, 0.3) is 0 Å². The largest absolute Gasteiger partial charge is 0.480 e. The molecule has 1 aliphatic rings. The van der Waals surface area contributed by atoms with E-state index in [0.29, 0.717) is 13.1 Å². The fourth-order valence-electron chi connectivity index (χ4n) is 1.53. The van der Waals surface area contributed by atoms with Gasteiger partial charge in [0.15, 0.2) is 0 Å². The highest BCUT2D eigenvalue weighted by Crippen LogP contribution is 2.10. The topological polar surface area (TPSA) is 67.2 Å². The normalized spacial score (nSPS) is 21.2. The van der Waals surface area contributed by atoms with Crippen molar-refractivity contribution in [3.05, 3.63) is 17.7 Å². The number of carboxylic acid groups (broad SMARTS) is 1. The quantitative estimate of drug-likeness (QED) is 0.626. The lowest BCUT2D eigenvalue weighted by Crippen LogP contribution is -2.44. The Morgan fingerprint density at radius 2 is 2.62 bits per heavy atom. The number of hydrogen-bond donors (Lipinski definition) is 2. The molecule has 5 heteroatoms. The van der Waals surface area contributed by atoms with Gasteiger partial charge in [0, 0.05) is 11.9 Å². The molecule has 13 heavy (non-hydrogen) atoms. The van der Waals surface area contributed by atoms with Gasteiger partial charge in [-0.3, -0.25) is 10.1 Å². The van der Waals surface area contributed by atoms with Crippen molar-refractivity contribution in [1.82, 2.24) is 14.9 Å².